The second-order valence-corrected chi connectivity index (χ2v) is 7.54. The van der Waals surface area contributed by atoms with E-state index in [0.29, 0.717) is 22.7 Å². The van der Waals surface area contributed by atoms with Gasteiger partial charge in [0.1, 0.15) is 5.70 Å². The van der Waals surface area contributed by atoms with E-state index in [4.69, 9.17) is 9.47 Å². The van der Waals surface area contributed by atoms with Gasteiger partial charge in [-0.05, 0) is 55.3 Å². The fraction of sp³-hybridized carbons (Fsp3) is 0.154. The summed E-state index contributed by atoms with van der Waals surface area (Å²) in [6.45, 7) is 3.97. The zero-order valence-electron chi connectivity index (χ0n) is 18.4. The quantitative estimate of drug-likeness (QED) is 0.576. The maximum Gasteiger partial charge on any atom is 0.282 e. The van der Waals surface area contributed by atoms with Gasteiger partial charge in [-0.25, -0.2) is 4.90 Å². The molecular weight excluding hydrogens is 404 g/mol. The van der Waals surface area contributed by atoms with Gasteiger partial charge in [0, 0.05) is 5.69 Å². The van der Waals surface area contributed by atoms with Gasteiger partial charge in [0.2, 0.25) is 0 Å². The molecule has 0 fully saturated rings. The van der Waals surface area contributed by atoms with Crippen molar-refractivity contribution in [1.29, 1.82) is 0 Å². The summed E-state index contributed by atoms with van der Waals surface area (Å²) in [5.41, 5.74) is 4.42. The monoisotopic (exact) mass is 428 g/mol. The Balaban J connectivity index is 1.87. The molecular formula is C26H24N2O4. The van der Waals surface area contributed by atoms with E-state index < -0.39 is 11.8 Å². The van der Waals surface area contributed by atoms with Gasteiger partial charge < -0.3 is 14.8 Å². The maximum atomic E-state index is 13.5. The van der Waals surface area contributed by atoms with Crippen LogP contribution < -0.4 is 19.7 Å². The molecule has 32 heavy (non-hydrogen) atoms. The highest BCUT2D eigenvalue weighted by Crippen LogP contribution is 2.37. The van der Waals surface area contributed by atoms with E-state index in [0.717, 1.165) is 16.8 Å². The van der Waals surface area contributed by atoms with Crippen molar-refractivity contribution in [2.24, 2.45) is 0 Å². The van der Waals surface area contributed by atoms with E-state index in [1.807, 2.05) is 38.1 Å². The number of carbonyl (C=O) groups excluding carboxylic acids is 2. The number of aryl methyl sites for hydroxylation is 2. The van der Waals surface area contributed by atoms with Crippen LogP contribution in [0.1, 0.15) is 16.7 Å². The summed E-state index contributed by atoms with van der Waals surface area (Å²) in [7, 11) is 3.08. The number of rotatable bonds is 6. The molecule has 3 aromatic carbocycles. The van der Waals surface area contributed by atoms with Crippen LogP contribution >= 0.6 is 0 Å². The van der Waals surface area contributed by atoms with Gasteiger partial charge >= 0.3 is 0 Å². The first-order chi connectivity index (χ1) is 15.4. The number of anilines is 2. The SMILES string of the molecule is COc1ccc(C2=C(Nc3ccc(C)cc3C)C(=O)N(c3ccccc3)C2=O)cc1OC. The third kappa shape index (κ3) is 3.71. The van der Waals surface area contributed by atoms with E-state index in [1.165, 1.54) is 12.0 Å². The fourth-order valence-corrected chi connectivity index (χ4v) is 3.81. The van der Waals surface area contributed by atoms with Crippen LogP contribution in [0.15, 0.2) is 72.4 Å². The van der Waals surface area contributed by atoms with Gasteiger partial charge in [0.25, 0.3) is 11.8 Å². The Morgan fingerprint density at radius 1 is 0.781 bits per heavy atom. The third-order valence-corrected chi connectivity index (χ3v) is 5.41. The lowest BCUT2D eigenvalue weighted by molar-refractivity contribution is -0.120. The van der Waals surface area contributed by atoms with Gasteiger partial charge in [-0.1, -0.05) is 42.0 Å². The lowest BCUT2D eigenvalue weighted by Crippen LogP contribution is -2.32. The molecule has 2 amide bonds. The molecule has 6 nitrogen and oxygen atoms in total. The molecule has 0 saturated carbocycles. The summed E-state index contributed by atoms with van der Waals surface area (Å²) in [5, 5.41) is 3.23. The summed E-state index contributed by atoms with van der Waals surface area (Å²) in [6.07, 6.45) is 0. The molecule has 0 spiro atoms. The van der Waals surface area contributed by atoms with Crippen molar-refractivity contribution in [2.45, 2.75) is 13.8 Å². The number of hydrogen-bond acceptors (Lipinski definition) is 5. The lowest BCUT2D eigenvalue weighted by atomic mass is 10.0. The van der Waals surface area contributed by atoms with Gasteiger partial charge in [0.05, 0.1) is 25.5 Å². The summed E-state index contributed by atoms with van der Waals surface area (Å²) in [6, 6.07) is 20.0. The number of benzene rings is 3. The fourth-order valence-electron chi connectivity index (χ4n) is 3.81. The third-order valence-electron chi connectivity index (χ3n) is 5.41. The molecule has 0 aromatic heterocycles. The molecule has 162 valence electrons. The number of nitrogens with zero attached hydrogens (tertiary/aromatic N) is 1. The number of nitrogens with one attached hydrogen (secondary N) is 1. The molecule has 0 saturated heterocycles. The molecule has 1 heterocycles. The molecule has 3 aromatic rings. The number of para-hydroxylation sites is 1. The lowest BCUT2D eigenvalue weighted by Gasteiger charge is -2.15. The highest BCUT2D eigenvalue weighted by molar-refractivity contribution is 6.46. The number of carbonyl (C=O) groups is 2. The van der Waals surface area contributed by atoms with E-state index in [2.05, 4.69) is 5.32 Å². The van der Waals surface area contributed by atoms with E-state index in [-0.39, 0.29) is 11.3 Å². The largest absolute Gasteiger partial charge is 0.493 e. The van der Waals surface area contributed by atoms with Gasteiger partial charge in [0.15, 0.2) is 11.5 Å². The van der Waals surface area contributed by atoms with Crippen molar-refractivity contribution in [3.05, 3.63) is 89.1 Å². The number of amides is 2. The van der Waals surface area contributed by atoms with E-state index >= 15 is 0 Å². The van der Waals surface area contributed by atoms with Crippen LogP contribution in [0.4, 0.5) is 11.4 Å². The van der Waals surface area contributed by atoms with E-state index in [1.54, 1.807) is 49.6 Å². The minimum atomic E-state index is -0.411. The second kappa shape index (κ2) is 8.59. The summed E-state index contributed by atoms with van der Waals surface area (Å²) in [5.74, 6) is 0.200. The van der Waals surface area contributed by atoms with Gasteiger partial charge in [-0.2, -0.15) is 0 Å². The maximum absolute atomic E-state index is 13.5. The predicted molar refractivity (Wildman–Crippen MR) is 125 cm³/mol. The molecule has 6 heteroatoms. The number of methoxy groups -OCH3 is 2. The van der Waals surface area contributed by atoms with Crippen LogP contribution in [-0.2, 0) is 9.59 Å². The minimum absolute atomic E-state index is 0.220. The molecule has 0 unspecified atom stereocenters. The number of hydrogen-bond donors (Lipinski definition) is 1. The summed E-state index contributed by atoms with van der Waals surface area (Å²) >= 11 is 0. The Morgan fingerprint density at radius 2 is 1.50 bits per heavy atom. The molecule has 1 N–H and O–H groups in total. The Kier molecular flexibility index (Phi) is 5.69. The van der Waals surface area contributed by atoms with E-state index in [9.17, 15) is 9.59 Å². The topological polar surface area (TPSA) is 67.9 Å². The van der Waals surface area contributed by atoms with Crippen LogP contribution in [0.5, 0.6) is 11.5 Å². The van der Waals surface area contributed by atoms with Crippen molar-refractivity contribution in [2.75, 3.05) is 24.4 Å². The first kappa shape index (κ1) is 21.2. The molecule has 0 aliphatic carbocycles. The van der Waals surface area contributed by atoms with Crippen LogP contribution in [0, 0.1) is 13.8 Å². The van der Waals surface area contributed by atoms with Crippen molar-refractivity contribution in [3.63, 3.8) is 0 Å². The Morgan fingerprint density at radius 3 is 2.16 bits per heavy atom. The van der Waals surface area contributed by atoms with Gasteiger partial charge in [-0.15, -0.1) is 0 Å². The summed E-state index contributed by atoms with van der Waals surface area (Å²) < 4.78 is 10.7. The molecule has 1 aliphatic heterocycles. The van der Waals surface area contributed by atoms with Crippen LogP contribution in [-0.4, -0.2) is 26.0 Å². The first-order valence-corrected chi connectivity index (χ1v) is 10.2. The normalized spacial score (nSPS) is 13.6. The molecule has 0 radical (unpaired) electrons. The molecule has 0 atom stereocenters. The molecule has 1 aliphatic rings. The second-order valence-electron chi connectivity index (χ2n) is 7.54. The zero-order chi connectivity index (χ0) is 22.8. The average Bonchev–Trinajstić information content (AvgIpc) is 3.04. The Hall–Kier alpha value is -4.06. The Labute approximate surface area is 187 Å². The highest BCUT2D eigenvalue weighted by atomic mass is 16.5. The summed E-state index contributed by atoms with van der Waals surface area (Å²) in [4.78, 5) is 28.2. The average molecular weight is 428 g/mol. The first-order valence-electron chi connectivity index (χ1n) is 10.2. The predicted octanol–water partition coefficient (Wildman–Crippen LogP) is 4.72. The van der Waals surface area contributed by atoms with Crippen molar-refractivity contribution >= 4 is 28.8 Å². The Bertz CT molecular complexity index is 1230. The zero-order valence-corrected chi connectivity index (χ0v) is 18.4. The van der Waals surface area contributed by atoms with Crippen LogP contribution in [0.3, 0.4) is 0 Å². The smallest absolute Gasteiger partial charge is 0.282 e. The van der Waals surface area contributed by atoms with Crippen LogP contribution in [0.2, 0.25) is 0 Å². The standard InChI is InChI=1S/C26H24N2O4/c1-16-10-12-20(17(2)14-16)27-24-23(18-11-13-21(31-3)22(15-18)32-4)25(29)28(26(24)30)19-8-6-5-7-9-19/h5-15,27H,1-4H3. The van der Waals surface area contributed by atoms with Crippen LogP contribution in [0.25, 0.3) is 5.57 Å². The number of ether oxygens (including phenoxy) is 2. The van der Waals surface area contributed by atoms with Gasteiger partial charge in [-0.3, -0.25) is 9.59 Å². The number of imide groups is 1. The molecule has 0 bridgehead atoms. The minimum Gasteiger partial charge on any atom is -0.493 e. The molecule has 4 rings (SSSR count). The van der Waals surface area contributed by atoms with Crippen molar-refractivity contribution < 1.29 is 19.1 Å². The highest BCUT2D eigenvalue weighted by Gasteiger charge is 2.40. The van der Waals surface area contributed by atoms with Crippen molar-refractivity contribution in [1.82, 2.24) is 0 Å². The van der Waals surface area contributed by atoms with Crippen molar-refractivity contribution in [3.8, 4) is 11.5 Å².